The minimum Gasteiger partial charge on any atom is -0.495 e. The Kier molecular flexibility index (Phi) is 5.52. The van der Waals surface area contributed by atoms with Crippen LogP contribution < -0.4 is 15.4 Å². The fourth-order valence-electron chi connectivity index (χ4n) is 1.88. The zero-order chi connectivity index (χ0) is 16.1. The van der Waals surface area contributed by atoms with Crippen molar-refractivity contribution in [2.75, 3.05) is 17.7 Å². The summed E-state index contributed by atoms with van der Waals surface area (Å²) in [5.74, 6) is 0.354. The van der Waals surface area contributed by atoms with Gasteiger partial charge in [-0.15, -0.1) is 0 Å². The molecule has 1 amide bonds. The largest absolute Gasteiger partial charge is 0.495 e. The first-order valence-corrected chi connectivity index (χ1v) is 7.41. The van der Waals surface area contributed by atoms with Gasteiger partial charge in [0.05, 0.1) is 12.8 Å². The van der Waals surface area contributed by atoms with E-state index in [0.717, 1.165) is 5.69 Å². The molecule has 2 aromatic carbocycles. The van der Waals surface area contributed by atoms with Crippen molar-refractivity contribution in [1.82, 2.24) is 0 Å². The Labute approximate surface area is 139 Å². The van der Waals surface area contributed by atoms with E-state index in [2.05, 4.69) is 10.6 Å². The van der Waals surface area contributed by atoms with Crippen LogP contribution in [0.4, 0.5) is 11.4 Å². The molecular formula is C16H16Cl2N2O2. The smallest absolute Gasteiger partial charge is 0.246 e. The van der Waals surface area contributed by atoms with Gasteiger partial charge in [0.25, 0.3) is 0 Å². The molecule has 2 aromatic rings. The van der Waals surface area contributed by atoms with Crippen LogP contribution in [0.5, 0.6) is 5.75 Å². The van der Waals surface area contributed by atoms with Gasteiger partial charge in [-0.3, -0.25) is 4.79 Å². The highest BCUT2D eigenvalue weighted by Gasteiger charge is 2.15. The van der Waals surface area contributed by atoms with Crippen molar-refractivity contribution in [3.63, 3.8) is 0 Å². The van der Waals surface area contributed by atoms with Gasteiger partial charge in [0.2, 0.25) is 5.91 Å². The number of rotatable bonds is 5. The second-order valence-electron chi connectivity index (χ2n) is 4.71. The normalized spacial score (nSPS) is 11.6. The number of benzene rings is 2. The van der Waals surface area contributed by atoms with E-state index in [0.29, 0.717) is 21.5 Å². The van der Waals surface area contributed by atoms with E-state index in [4.69, 9.17) is 27.9 Å². The Bertz CT molecular complexity index is 660. The number of halogens is 2. The number of nitrogens with one attached hydrogen (secondary N) is 2. The van der Waals surface area contributed by atoms with Crippen molar-refractivity contribution in [2.24, 2.45) is 0 Å². The lowest BCUT2D eigenvalue weighted by molar-refractivity contribution is -0.116. The monoisotopic (exact) mass is 338 g/mol. The van der Waals surface area contributed by atoms with E-state index >= 15 is 0 Å². The molecule has 0 saturated heterocycles. The highest BCUT2D eigenvalue weighted by atomic mass is 35.5. The number of hydrogen-bond donors (Lipinski definition) is 2. The van der Waals surface area contributed by atoms with E-state index in [1.165, 1.54) is 7.11 Å². The average molecular weight is 339 g/mol. The zero-order valence-electron chi connectivity index (χ0n) is 12.2. The van der Waals surface area contributed by atoms with Crippen LogP contribution in [-0.2, 0) is 4.79 Å². The molecule has 0 spiro atoms. The molecule has 2 N–H and O–H groups in total. The third-order valence-corrected chi connectivity index (χ3v) is 3.53. The number of carbonyl (C=O) groups is 1. The first-order chi connectivity index (χ1) is 10.5. The molecule has 6 heteroatoms. The van der Waals surface area contributed by atoms with E-state index < -0.39 is 6.04 Å². The summed E-state index contributed by atoms with van der Waals surface area (Å²) in [5, 5.41) is 7.06. The summed E-state index contributed by atoms with van der Waals surface area (Å²) in [6.45, 7) is 1.76. The summed E-state index contributed by atoms with van der Waals surface area (Å²) in [7, 11) is 1.54. The van der Waals surface area contributed by atoms with Crippen molar-refractivity contribution in [1.29, 1.82) is 0 Å². The van der Waals surface area contributed by atoms with Gasteiger partial charge < -0.3 is 15.4 Å². The Morgan fingerprint density at radius 1 is 1.09 bits per heavy atom. The molecule has 0 aromatic heterocycles. The van der Waals surface area contributed by atoms with Crippen LogP contribution in [0, 0.1) is 0 Å². The molecule has 0 unspecified atom stereocenters. The first kappa shape index (κ1) is 16.5. The van der Waals surface area contributed by atoms with Crippen molar-refractivity contribution in [3.05, 3.63) is 52.5 Å². The standard InChI is InChI=1S/C16H16Cl2N2O2/c1-10(19-13-6-3-11(17)4-7-13)16(21)20-14-9-12(18)5-8-15(14)22-2/h3-10,19H,1-2H3,(H,20,21)/t10-/m0/s1. The maximum Gasteiger partial charge on any atom is 0.246 e. The van der Waals surface area contributed by atoms with Crippen molar-refractivity contribution >= 4 is 40.5 Å². The lowest BCUT2D eigenvalue weighted by Crippen LogP contribution is -2.31. The molecule has 0 aliphatic rings. The van der Waals surface area contributed by atoms with Gasteiger partial charge in [0.15, 0.2) is 0 Å². The lowest BCUT2D eigenvalue weighted by Gasteiger charge is -2.17. The predicted octanol–water partition coefficient (Wildman–Crippen LogP) is 4.44. The number of hydrogen-bond acceptors (Lipinski definition) is 3. The first-order valence-electron chi connectivity index (χ1n) is 6.66. The summed E-state index contributed by atoms with van der Waals surface area (Å²) in [5.41, 5.74) is 1.34. The molecule has 0 aliphatic heterocycles. The molecule has 0 aliphatic carbocycles. The highest BCUT2D eigenvalue weighted by Crippen LogP contribution is 2.27. The molecule has 0 heterocycles. The van der Waals surface area contributed by atoms with Gasteiger partial charge in [-0.05, 0) is 49.4 Å². The number of anilines is 2. The van der Waals surface area contributed by atoms with Crippen LogP contribution in [0.3, 0.4) is 0 Å². The van der Waals surface area contributed by atoms with Crippen molar-refractivity contribution in [3.8, 4) is 5.75 Å². The van der Waals surface area contributed by atoms with Gasteiger partial charge in [0, 0.05) is 15.7 Å². The van der Waals surface area contributed by atoms with Gasteiger partial charge >= 0.3 is 0 Å². The number of ether oxygens (including phenoxy) is 1. The van der Waals surface area contributed by atoms with Crippen LogP contribution in [0.25, 0.3) is 0 Å². The SMILES string of the molecule is COc1ccc(Cl)cc1NC(=O)[C@H](C)Nc1ccc(Cl)cc1. The Morgan fingerprint density at radius 2 is 1.73 bits per heavy atom. The Hall–Kier alpha value is -1.91. The Morgan fingerprint density at radius 3 is 2.36 bits per heavy atom. The van der Waals surface area contributed by atoms with Crippen molar-refractivity contribution in [2.45, 2.75) is 13.0 Å². The van der Waals surface area contributed by atoms with Crippen molar-refractivity contribution < 1.29 is 9.53 Å². The number of methoxy groups -OCH3 is 1. The summed E-state index contributed by atoms with van der Waals surface area (Å²) in [4.78, 5) is 12.3. The summed E-state index contributed by atoms with van der Waals surface area (Å²) < 4.78 is 5.20. The number of carbonyl (C=O) groups excluding carboxylic acids is 1. The second-order valence-corrected chi connectivity index (χ2v) is 5.58. The highest BCUT2D eigenvalue weighted by molar-refractivity contribution is 6.31. The van der Waals surface area contributed by atoms with Crippen LogP contribution >= 0.6 is 23.2 Å². The topological polar surface area (TPSA) is 50.4 Å². The molecule has 0 saturated carbocycles. The summed E-state index contributed by atoms with van der Waals surface area (Å²) >= 11 is 11.8. The maximum absolute atomic E-state index is 12.3. The molecule has 4 nitrogen and oxygen atoms in total. The molecule has 0 radical (unpaired) electrons. The third kappa shape index (κ3) is 4.29. The van der Waals surface area contributed by atoms with E-state index in [-0.39, 0.29) is 5.91 Å². The third-order valence-electron chi connectivity index (χ3n) is 3.04. The van der Waals surface area contributed by atoms with Gasteiger partial charge in [-0.25, -0.2) is 0 Å². The molecule has 0 fully saturated rings. The summed E-state index contributed by atoms with van der Waals surface area (Å²) in [6.07, 6.45) is 0. The van der Waals surface area contributed by atoms with Gasteiger partial charge in [0.1, 0.15) is 11.8 Å². The molecular weight excluding hydrogens is 323 g/mol. The minimum atomic E-state index is -0.440. The van der Waals surface area contributed by atoms with Crippen LogP contribution in [-0.4, -0.2) is 19.1 Å². The molecule has 116 valence electrons. The predicted molar refractivity (Wildman–Crippen MR) is 91.2 cm³/mol. The quantitative estimate of drug-likeness (QED) is 0.847. The fourth-order valence-corrected chi connectivity index (χ4v) is 2.18. The van der Waals surface area contributed by atoms with E-state index in [1.807, 2.05) is 12.1 Å². The van der Waals surface area contributed by atoms with Gasteiger partial charge in [-0.1, -0.05) is 23.2 Å². The van der Waals surface area contributed by atoms with E-state index in [1.54, 1.807) is 37.3 Å². The average Bonchev–Trinajstić information content (AvgIpc) is 2.49. The van der Waals surface area contributed by atoms with E-state index in [9.17, 15) is 4.79 Å². The minimum absolute atomic E-state index is 0.199. The van der Waals surface area contributed by atoms with Gasteiger partial charge in [-0.2, -0.15) is 0 Å². The molecule has 22 heavy (non-hydrogen) atoms. The number of amides is 1. The maximum atomic E-state index is 12.3. The van der Waals surface area contributed by atoms with Crippen LogP contribution in [0.2, 0.25) is 10.0 Å². The zero-order valence-corrected chi connectivity index (χ0v) is 13.7. The molecule has 1 atom stereocenters. The lowest BCUT2D eigenvalue weighted by atomic mass is 10.2. The van der Waals surface area contributed by atoms with Crippen LogP contribution in [0.15, 0.2) is 42.5 Å². The molecule has 2 rings (SSSR count). The summed E-state index contributed by atoms with van der Waals surface area (Å²) in [6, 6.07) is 11.7. The second kappa shape index (κ2) is 7.38. The van der Waals surface area contributed by atoms with Crippen LogP contribution in [0.1, 0.15) is 6.92 Å². The molecule has 0 bridgehead atoms. The Balaban J connectivity index is 2.05. The fraction of sp³-hybridized carbons (Fsp3) is 0.188.